The van der Waals surface area contributed by atoms with Gasteiger partial charge in [-0.3, -0.25) is 14.5 Å². The summed E-state index contributed by atoms with van der Waals surface area (Å²) in [5.74, 6) is -1.34. The molecule has 2 amide bonds. The maximum absolute atomic E-state index is 12.8. The van der Waals surface area contributed by atoms with Crippen LogP contribution in [-0.4, -0.2) is 54.4 Å². The van der Waals surface area contributed by atoms with E-state index in [1.54, 1.807) is 23.1 Å². The molecule has 0 radical (unpaired) electrons. The minimum absolute atomic E-state index is 0.199. The number of likely N-dealkylation sites (tertiary alicyclic amines) is 1. The number of thiophene rings is 1. The van der Waals surface area contributed by atoms with E-state index in [0.717, 1.165) is 10.6 Å². The lowest BCUT2D eigenvalue weighted by atomic mass is 9.78. The van der Waals surface area contributed by atoms with Gasteiger partial charge >= 0.3 is 5.97 Å². The van der Waals surface area contributed by atoms with Crippen molar-refractivity contribution in [3.63, 3.8) is 0 Å². The van der Waals surface area contributed by atoms with Gasteiger partial charge in [0.2, 0.25) is 17.4 Å². The molecule has 24 heavy (non-hydrogen) atoms. The third-order valence-corrected chi connectivity index (χ3v) is 6.73. The van der Waals surface area contributed by atoms with Gasteiger partial charge in [0.05, 0.1) is 12.0 Å². The number of amides is 2. The normalized spacial score (nSPS) is 32.3. The molecule has 8 heteroatoms. The third kappa shape index (κ3) is 2.39. The first-order valence-electron chi connectivity index (χ1n) is 7.76. The number of fused-ring (bicyclic) bond motifs is 1. The molecule has 2 saturated heterocycles. The van der Waals surface area contributed by atoms with Gasteiger partial charge in [0.15, 0.2) is 0 Å². The van der Waals surface area contributed by atoms with E-state index in [2.05, 4.69) is 0 Å². The summed E-state index contributed by atoms with van der Waals surface area (Å²) < 4.78 is 5.07. The second-order valence-electron chi connectivity index (χ2n) is 6.22. The van der Waals surface area contributed by atoms with Crippen LogP contribution in [0.5, 0.6) is 0 Å². The average molecular weight is 369 g/mol. The molecule has 0 bridgehead atoms. The Morgan fingerprint density at radius 2 is 2.21 bits per heavy atom. The van der Waals surface area contributed by atoms with Crippen LogP contribution in [0, 0.1) is 11.8 Å². The van der Waals surface area contributed by atoms with Gasteiger partial charge in [-0.2, -0.15) is 11.8 Å². The van der Waals surface area contributed by atoms with Crippen molar-refractivity contribution in [3.05, 3.63) is 22.4 Å². The van der Waals surface area contributed by atoms with E-state index in [1.807, 2.05) is 29.1 Å². The highest BCUT2D eigenvalue weighted by molar-refractivity contribution is 7.98. The number of carbonyl (C=O) groups is 3. The van der Waals surface area contributed by atoms with E-state index in [-0.39, 0.29) is 17.9 Å². The molecule has 0 aliphatic carbocycles. The van der Waals surface area contributed by atoms with E-state index < -0.39 is 23.3 Å². The molecule has 4 atom stereocenters. The summed E-state index contributed by atoms with van der Waals surface area (Å²) in [4.78, 5) is 40.4. The van der Waals surface area contributed by atoms with E-state index in [4.69, 9.17) is 4.74 Å². The van der Waals surface area contributed by atoms with Crippen molar-refractivity contribution in [3.8, 4) is 0 Å². The largest absolute Gasteiger partial charge is 0.464 e. The minimum Gasteiger partial charge on any atom is -0.464 e. The summed E-state index contributed by atoms with van der Waals surface area (Å²) in [5.41, 5.74) is -1.03. The van der Waals surface area contributed by atoms with Crippen molar-refractivity contribution in [2.45, 2.75) is 18.0 Å². The third-order valence-electron chi connectivity index (χ3n) is 5.15. The van der Waals surface area contributed by atoms with E-state index >= 15 is 0 Å². The smallest absolute Gasteiger partial charge is 0.368 e. The number of imide groups is 1. The van der Waals surface area contributed by atoms with Crippen LogP contribution in [0.15, 0.2) is 17.5 Å². The highest BCUT2D eigenvalue weighted by atomic mass is 32.2. The zero-order chi connectivity index (χ0) is 17.5. The first-order valence-corrected chi connectivity index (χ1v) is 10.0. The lowest BCUT2D eigenvalue weighted by molar-refractivity contribution is -0.734. The van der Waals surface area contributed by atoms with Gasteiger partial charge in [0.25, 0.3) is 0 Å². The van der Waals surface area contributed by atoms with Crippen molar-refractivity contribution in [1.29, 1.82) is 0 Å². The van der Waals surface area contributed by atoms with Gasteiger partial charge in [-0.25, -0.2) is 4.79 Å². The Labute approximate surface area is 148 Å². The quantitative estimate of drug-likeness (QED) is 0.595. The average Bonchev–Trinajstić information content (AvgIpc) is 3.27. The molecule has 0 aromatic carbocycles. The number of ether oxygens (including phenoxy) is 1. The maximum atomic E-state index is 12.8. The van der Waals surface area contributed by atoms with Crippen molar-refractivity contribution in [2.75, 3.05) is 26.2 Å². The summed E-state index contributed by atoms with van der Waals surface area (Å²) in [7, 11) is 2.85. The number of thioether (sulfide) groups is 1. The minimum atomic E-state index is -1.03. The predicted octanol–water partition coefficient (Wildman–Crippen LogP) is 0.262. The molecule has 2 aliphatic heterocycles. The Balaban J connectivity index is 2.10. The van der Waals surface area contributed by atoms with E-state index in [0.29, 0.717) is 6.42 Å². The molecule has 6 nitrogen and oxygen atoms in total. The van der Waals surface area contributed by atoms with Gasteiger partial charge in [0.1, 0.15) is 17.9 Å². The van der Waals surface area contributed by atoms with Crippen LogP contribution in [0.2, 0.25) is 0 Å². The van der Waals surface area contributed by atoms with Crippen molar-refractivity contribution in [1.82, 2.24) is 4.90 Å². The number of nitrogens with zero attached hydrogens (tertiary/aromatic N) is 1. The number of rotatable bonds is 5. The standard InChI is InChI=1S/C16H20N2O4S2/c1-18-13(19)10-11(14(18)20)16(6-8-23-3,15(21)22-2)17-12(10)9-5-4-7-24-9/h4-5,7,10-12,17H,6,8H2,1-3H3/p+1/t10-,11-,12+,16+/m0/s1. The zero-order valence-electron chi connectivity index (χ0n) is 13.9. The number of hydrogen-bond donors (Lipinski definition) is 1. The Kier molecular flexibility index (Phi) is 4.72. The number of carbonyl (C=O) groups excluding carboxylic acids is 3. The summed E-state index contributed by atoms with van der Waals surface area (Å²) in [6, 6.07) is 3.66. The molecule has 3 heterocycles. The highest BCUT2D eigenvalue weighted by Crippen LogP contribution is 2.46. The molecule has 2 N–H and O–H groups in total. The topological polar surface area (TPSA) is 80.3 Å². The van der Waals surface area contributed by atoms with Gasteiger partial charge in [-0.1, -0.05) is 6.07 Å². The zero-order valence-corrected chi connectivity index (χ0v) is 15.5. The van der Waals surface area contributed by atoms with Crippen LogP contribution >= 0.6 is 23.1 Å². The highest BCUT2D eigenvalue weighted by Gasteiger charge is 2.71. The first kappa shape index (κ1) is 17.4. The molecule has 0 spiro atoms. The first-order chi connectivity index (χ1) is 11.5. The van der Waals surface area contributed by atoms with Crippen LogP contribution in [0.3, 0.4) is 0 Å². The fourth-order valence-electron chi connectivity index (χ4n) is 4.00. The van der Waals surface area contributed by atoms with Gasteiger partial charge < -0.3 is 10.1 Å². The monoisotopic (exact) mass is 369 g/mol. The summed E-state index contributed by atoms with van der Waals surface area (Å²) in [6.45, 7) is 0. The molecule has 3 rings (SSSR count). The lowest BCUT2D eigenvalue weighted by Crippen LogP contribution is -2.98. The Morgan fingerprint density at radius 1 is 1.46 bits per heavy atom. The number of hydrogen-bond acceptors (Lipinski definition) is 6. The number of esters is 1. The summed E-state index contributed by atoms with van der Waals surface area (Å²) in [6.07, 6.45) is 2.46. The maximum Gasteiger partial charge on any atom is 0.368 e. The van der Waals surface area contributed by atoms with E-state index in [1.165, 1.54) is 19.1 Å². The molecule has 2 aliphatic rings. The summed E-state index contributed by atoms with van der Waals surface area (Å²) in [5, 5.41) is 3.86. The number of methoxy groups -OCH3 is 1. The van der Waals surface area contributed by atoms with Crippen LogP contribution < -0.4 is 5.32 Å². The summed E-state index contributed by atoms with van der Waals surface area (Å²) >= 11 is 3.16. The predicted molar refractivity (Wildman–Crippen MR) is 91.5 cm³/mol. The fraction of sp³-hybridized carbons (Fsp3) is 0.562. The molecule has 2 fully saturated rings. The Bertz CT molecular complexity index is 663. The molecule has 0 unspecified atom stereocenters. The molecule has 1 aromatic heterocycles. The molecule has 0 saturated carbocycles. The van der Waals surface area contributed by atoms with Gasteiger partial charge in [-0.15, -0.1) is 11.3 Å². The van der Waals surface area contributed by atoms with Crippen LogP contribution in [-0.2, 0) is 19.1 Å². The van der Waals surface area contributed by atoms with Gasteiger partial charge in [0, 0.05) is 13.5 Å². The number of quaternary nitrogens is 1. The molecular weight excluding hydrogens is 348 g/mol. The van der Waals surface area contributed by atoms with Gasteiger partial charge in [-0.05, 0) is 23.5 Å². The number of nitrogens with two attached hydrogens (primary N) is 1. The SMILES string of the molecule is COC(=O)[C@]1(CCSC)[NH2+][C@H](c2cccs2)[C@H]2C(=O)N(C)C(=O)[C@H]21. The Morgan fingerprint density at radius 3 is 2.79 bits per heavy atom. The van der Waals surface area contributed by atoms with Crippen molar-refractivity contribution < 1.29 is 24.4 Å². The van der Waals surface area contributed by atoms with Crippen molar-refractivity contribution >= 4 is 40.9 Å². The van der Waals surface area contributed by atoms with Crippen molar-refractivity contribution in [2.24, 2.45) is 11.8 Å². The van der Waals surface area contributed by atoms with Crippen LogP contribution in [0.4, 0.5) is 0 Å². The fourth-order valence-corrected chi connectivity index (χ4v) is 5.39. The second-order valence-corrected chi connectivity index (χ2v) is 8.19. The molecule has 130 valence electrons. The van der Waals surface area contributed by atoms with Crippen LogP contribution in [0.25, 0.3) is 0 Å². The Hall–Kier alpha value is -1.38. The molecular formula is C16H21N2O4S2+. The second kappa shape index (κ2) is 6.50. The van der Waals surface area contributed by atoms with Crippen LogP contribution in [0.1, 0.15) is 17.3 Å². The molecule has 1 aromatic rings. The van der Waals surface area contributed by atoms with E-state index in [9.17, 15) is 14.4 Å². The lowest BCUT2D eigenvalue weighted by Gasteiger charge is -2.28.